The molecule has 11 aromatic heterocycles. The number of ether oxygens (including phenoxy) is 2. The molecule has 2 aliphatic heterocycles. The number of anilines is 11. The molecule has 13 heterocycles. The molecule has 2 saturated heterocycles. The molecule has 117 heavy (non-hydrogen) atoms. The summed E-state index contributed by atoms with van der Waals surface area (Å²) in [5.41, 5.74) is 31.9. The normalized spacial score (nSPS) is 14.2. The zero-order chi connectivity index (χ0) is 82.1. The fraction of sp³-hybridized carbons (Fsp3) is 0.338. The van der Waals surface area contributed by atoms with E-state index in [4.69, 9.17) is 31.9 Å². The number of nitrogens with one attached hydrogen (secondary N) is 4. The van der Waals surface area contributed by atoms with Gasteiger partial charge in [0, 0.05) is 123 Å². The van der Waals surface area contributed by atoms with Crippen molar-refractivity contribution in [3.8, 4) is 49.7 Å². The van der Waals surface area contributed by atoms with Crippen molar-refractivity contribution < 1.29 is 19.1 Å². The van der Waals surface area contributed by atoms with Gasteiger partial charge in [-0.2, -0.15) is 50.8 Å². The number of nitrogens with two attached hydrogens (primary N) is 3. The topological polar surface area (TPSA) is 429 Å². The van der Waals surface area contributed by atoms with Crippen molar-refractivity contribution >= 4 is 114 Å². The molecule has 0 bridgehead atoms. The molecule has 14 aromatic rings. The lowest BCUT2D eigenvalue weighted by Gasteiger charge is -2.33. The smallest absolute Gasteiger partial charge is 0.410 e. The van der Waals surface area contributed by atoms with Crippen LogP contribution >= 0.6 is 15.9 Å². The van der Waals surface area contributed by atoms with Gasteiger partial charge >= 0.3 is 12.2 Å². The maximum Gasteiger partial charge on any atom is 0.410 e. The van der Waals surface area contributed by atoms with E-state index in [1.54, 1.807) is 70.6 Å². The monoisotopic (exact) mass is 1640 g/mol. The molecule has 0 radical (unpaired) electrons. The molecule has 17 rings (SSSR count). The van der Waals surface area contributed by atoms with Crippen LogP contribution in [-0.4, -0.2) is 167 Å². The van der Waals surface area contributed by atoms with Crippen LogP contribution in [0.4, 0.5) is 73.6 Å². The molecular weight excluding hydrogens is 1550 g/mol. The van der Waals surface area contributed by atoms with E-state index in [2.05, 4.69) is 143 Å². The van der Waals surface area contributed by atoms with Crippen LogP contribution in [0.5, 0.6) is 0 Å². The minimum absolute atomic E-state index is 0.230. The summed E-state index contributed by atoms with van der Waals surface area (Å²) in [6.07, 6.45) is 36.7. The number of aromatic nitrogens is 22. The second kappa shape index (κ2) is 34.9. The molecule has 0 unspecified atom stereocenters. The zero-order valence-corrected chi connectivity index (χ0v) is 68.0. The Morgan fingerprint density at radius 3 is 1.14 bits per heavy atom. The van der Waals surface area contributed by atoms with Crippen LogP contribution in [0, 0.1) is 10.2 Å². The Labute approximate surface area is 682 Å². The molecule has 37 heteroatoms. The lowest BCUT2D eigenvalue weighted by atomic mass is 9.96. The second-order valence-corrected chi connectivity index (χ2v) is 31.0. The molecule has 0 spiro atoms. The number of carbonyl (C=O) groups excluding carboxylic acids is 2. The molecule has 3 aromatic carbocycles. The van der Waals surface area contributed by atoms with Crippen LogP contribution < -0.4 is 38.5 Å². The molecule has 1 aliphatic carbocycles. The highest BCUT2D eigenvalue weighted by atomic mass is 79.9. The fourth-order valence-corrected chi connectivity index (χ4v) is 14.0. The van der Waals surface area contributed by atoms with Crippen molar-refractivity contribution in [2.75, 3.05) is 64.6 Å². The third kappa shape index (κ3) is 19.9. The molecular formula is C80H93BrN32O4. The predicted octanol–water partition coefficient (Wildman–Crippen LogP) is 14.1. The van der Waals surface area contributed by atoms with Gasteiger partial charge in [-0.25, -0.2) is 34.5 Å². The Kier molecular flexibility index (Phi) is 23.8. The van der Waals surface area contributed by atoms with Crippen molar-refractivity contribution in [2.45, 2.75) is 129 Å². The van der Waals surface area contributed by atoms with E-state index < -0.39 is 11.2 Å². The average Bonchev–Trinajstić information content (AvgIpc) is 1.64. The van der Waals surface area contributed by atoms with Crippen LogP contribution in [0.15, 0.2) is 166 Å². The minimum atomic E-state index is -0.495. The van der Waals surface area contributed by atoms with Gasteiger partial charge in [-0.05, 0) is 133 Å². The molecule has 0 atom stereocenters. The first-order chi connectivity index (χ1) is 56.3. The Morgan fingerprint density at radius 1 is 0.427 bits per heavy atom. The summed E-state index contributed by atoms with van der Waals surface area (Å²) >= 11 is 2.45. The molecule has 36 nitrogen and oxygen atoms in total. The summed E-state index contributed by atoms with van der Waals surface area (Å²) in [4.78, 5) is 65.5. The van der Waals surface area contributed by atoms with Gasteiger partial charge in [-0.15, -0.1) is 0 Å². The summed E-state index contributed by atoms with van der Waals surface area (Å²) < 4.78 is 25.9. The Morgan fingerprint density at radius 2 is 0.778 bits per heavy atom. The number of piperidine rings is 2. The van der Waals surface area contributed by atoms with Gasteiger partial charge in [0.1, 0.15) is 27.2 Å². The minimum Gasteiger partial charge on any atom is -0.444 e. The Hall–Kier alpha value is -13.8. The van der Waals surface area contributed by atoms with E-state index in [0.29, 0.717) is 95.8 Å². The third-order valence-electron chi connectivity index (χ3n) is 19.7. The highest BCUT2D eigenvalue weighted by Crippen LogP contribution is 2.35. The van der Waals surface area contributed by atoms with Crippen LogP contribution in [-0.2, 0) is 30.6 Å². The van der Waals surface area contributed by atoms with E-state index in [9.17, 15) is 9.59 Å². The van der Waals surface area contributed by atoms with Gasteiger partial charge in [-0.1, -0.05) is 55.7 Å². The Bertz CT molecular complexity index is 5770. The van der Waals surface area contributed by atoms with E-state index in [1.165, 1.54) is 32.1 Å². The number of nitrogens with zero attached hydrogens (tertiary/aromatic N) is 25. The number of aryl methyl sites for hydroxylation is 3. The maximum atomic E-state index is 12.4. The van der Waals surface area contributed by atoms with Crippen molar-refractivity contribution in [3.05, 3.63) is 166 Å². The number of amides is 2. The molecule has 3 aliphatic rings. The van der Waals surface area contributed by atoms with Gasteiger partial charge in [0.2, 0.25) is 29.7 Å². The molecule has 604 valence electrons. The van der Waals surface area contributed by atoms with E-state index >= 15 is 0 Å². The standard InChI is InChI=1S/C28H33N11O2.C27H34N10O2.C24H26N10.CBrN/c1-28(2,3)41-27(40)37-11-9-21(10-12-37)38-16-19(13-32-38)18-5-7-22(8-6-18)39-24-23(34-25(39)29)15-30-26(35-24)33-20-14-31-36(4)17-20;1-27(2,3)39-26(38)36-11-9-22(10-12-36)37-16-19(13-31-37)18-5-7-20(8-6-18)32-24-23(28)15-29-25(34-24)33-21-14-30-35(4)17-21;1-32-15-18(12-27-32)29-24-26-13-21-22(31-24)34(23(25)30-21)20-9-7-16(8-10-20)17-11-28-33(14-17)19-5-3-2-4-6-19;2-1-3/h5-8,13-17,21H,9-12H2,1-4H3,(H2,29,34)(H,30,33,35);5-8,13-17,22H,9-12,28H2,1-4H3,(H2,29,32,33,34);7-15,19H,2-6H2,1H3,(H2,25,30)(H,26,29,31);. The van der Waals surface area contributed by atoms with Gasteiger partial charge < -0.3 is 57.7 Å². The highest BCUT2D eigenvalue weighted by molar-refractivity contribution is 9.12. The Balaban J connectivity index is 0.000000142. The lowest BCUT2D eigenvalue weighted by molar-refractivity contribution is 0.0174. The van der Waals surface area contributed by atoms with Crippen LogP contribution in [0.25, 0.3) is 67.1 Å². The fourth-order valence-electron chi connectivity index (χ4n) is 14.0. The van der Waals surface area contributed by atoms with Gasteiger partial charge in [0.05, 0.1) is 108 Å². The number of nitrogen functional groups attached to an aromatic ring is 3. The first kappa shape index (κ1) is 79.8. The number of rotatable bonds is 16. The second-order valence-electron chi connectivity index (χ2n) is 30.7. The zero-order valence-electron chi connectivity index (χ0n) is 66.4. The predicted molar refractivity (Wildman–Crippen MR) is 450 cm³/mol. The van der Waals surface area contributed by atoms with E-state index in [0.717, 1.165) is 93.2 Å². The van der Waals surface area contributed by atoms with E-state index in [1.807, 2.05) is 174 Å². The van der Waals surface area contributed by atoms with Crippen LogP contribution in [0.3, 0.4) is 0 Å². The quantitative estimate of drug-likeness (QED) is 0.0472. The number of benzene rings is 3. The van der Waals surface area contributed by atoms with Crippen molar-refractivity contribution in [1.82, 2.24) is 117 Å². The molecule has 3 fully saturated rings. The summed E-state index contributed by atoms with van der Waals surface area (Å²) in [5, 5.41) is 46.3. The van der Waals surface area contributed by atoms with Crippen molar-refractivity contribution in [2.24, 2.45) is 21.1 Å². The number of nitriles is 1. The third-order valence-corrected chi connectivity index (χ3v) is 19.7. The van der Waals surface area contributed by atoms with Crippen LogP contribution in [0.1, 0.15) is 117 Å². The van der Waals surface area contributed by atoms with Gasteiger partial charge in [0.15, 0.2) is 17.1 Å². The van der Waals surface area contributed by atoms with Crippen LogP contribution in [0.2, 0.25) is 0 Å². The molecule has 1 saturated carbocycles. The average molecular weight is 1650 g/mol. The lowest BCUT2D eigenvalue weighted by Crippen LogP contribution is -2.42. The SMILES string of the molecule is Cn1cc(Nc2ncc(N)c(Nc3ccc(-c4cnn(C5CCN(C(=O)OC(C)(C)C)CC5)c4)cc3)n2)cn1.Cn1cc(Nc2ncc3nc(N)n(-c4ccc(-c5cnn(C6CCCCC6)c5)cc4)c3n2)cn1.Cn1cc(Nc2ncc3nc(N)n(-c4ccc(-c5cnn(C6CCN(C(=O)OC(C)(C)C)CC6)c5)cc4)c3n2)cn1.N#CBr. The number of hydrogen-bond acceptors (Lipinski definition) is 26. The number of hydrogen-bond donors (Lipinski definition) is 7. The maximum absolute atomic E-state index is 12.4. The molecule has 10 N–H and O–H groups in total. The largest absolute Gasteiger partial charge is 0.444 e. The van der Waals surface area contributed by atoms with Gasteiger partial charge in [-0.3, -0.25) is 37.2 Å². The van der Waals surface area contributed by atoms with E-state index in [-0.39, 0.29) is 24.3 Å². The number of imidazole rings is 2. The molecule has 2 amide bonds. The summed E-state index contributed by atoms with van der Waals surface area (Å²) in [6.45, 7) is 13.9. The number of fused-ring (bicyclic) bond motifs is 2. The first-order valence-corrected chi connectivity index (χ1v) is 39.2. The summed E-state index contributed by atoms with van der Waals surface area (Å²) in [6, 6.07) is 25.3. The van der Waals surface area contributed by atoms with Crippen molar-refractivity contribution in [3.63, 3.8) is 0 Å². The highest BCUT2D eigenvalue weighted by Gasteiger charge is 2.31. The summed E-state index contributed by atoms with van der Waals surface area (Å²) in [5.74, 6) is 2.49. The van der Waals surface area contributed by atoms with Crippen molar-refractivity contribution in [1.29, 1.82) is 5.26 Å². The van der Waals surface area contributed by atoms with Gasteiger partial charge in [0.25, 0.3) is 0 Å². The number of likely N-dealkylation sites (tertiary alicyclic amines) is 2. The summed E-state index contributed by atoms with van der Waals surface area (Å²) in [7, 11) is 5.54. The first-order valence-electron chi connectivity index (χ1n) is 38.4. The number of carbonyl (C=O) groups is 2. The number of halogens is 1.